The second-order valence-electron chi connectivity index (χ2n) is 4.32. The highest BCUT2D eigenvalue weighted by Crippen LogP contribution is 2.15. The fourth-order valence-corrected chi connectivity index (χ4v) is 1.90. The Bertz CT molecular complexity index is 573. The number of rotatable bonds is 5. The van der Waals surface area contributed by atoms with Gasteiger partial charge in [-0.3, -0.25) is 4.79 Å². The molecule has 0 aliphatic rings. The molecule has 0 saturated carbocycles. The van der Waals surface area contributed by atoms with Crippen molar-refractivity contribution < 1.29 is 14.6 Å². The van der Waals surface area contributed by atoms with Crippen molar-refractivity contribution in [3.8, 4) is 5.75 Å². The number of aromatic nitrogens is 2. The van der Waals surface area contributed by atoms with Crippen LogP contribution in [0.1, 0.15) is 17.1 Å². The first-order valence-corrected chi connectivity index (χ1v) is 5.94. The Morgan fingerprint density at radius 1 is 1.37 bits per heavy atom. The largest absolute Gasteiger partial charge is 0.497 e. The maximum atomic E-state index is 10.7. The molecule has 0 saturated heterocycles. The van der Waals surface area contributed by atoms with Crippen LogP contribution in [0, 0.1) is 0 Å². The molecular weight excluding hydrogens is 244 g/mol. The summed E-state index contributed by atoms with van der Waals surface area (Å²) in [7, 11) is 3.47. The van der Waals surface area contributed by atoms with Crippen LogP contribution in [0.5, 0.6) is 5.75 Å². The first-order chi connectivity index (χ1) is 9.10. The number of aliphatic carboxylic acids is 1. The molecular formula is C14H16N2O3. The molecule has 0 bridgehead atoms. The summed E-state index contributed by atoms with van der Waals surface area (Å²) in [5.74, 6) is 0.815. The van der Waals surface area contributed by atoms with E-state index in [2.05, 4.69) is 4.98 Å². The second-order valence-corrected chi connectivity index (χ2v) is 4.32. The van der Waals surface area contributed by atoms with Crippen LogP contribution in [-0.4, -0.2) is 27.7 Å². The van der Waals surface area contributed by atoms with E-state index in [1.807, 2.05) is 35.9 Å². The van der Waals surface area contributed by atoms with Crippen molar-refractivity contribution in [2.75, 3.05) is 7.11 Å². The number of carbonyl (C=O) groups is 1. The quantitative estimate of drug-likeness (QED) is 0.887. The van der Waals surface area contributed by atoms with Crippen LogP contribution in [0.4, 0.5) is 0 Å². The Hall–Kier alpha value is -2.30. The SMILES string of the molecule is COc1ccc(Cc2ncc(CC(=O)O)n2C)cc1. The van der Waals surface area contributed by atoms with Crippen molar-refractivity contribution in [2.45, 2.75) is 12.8 Å². The summed E-state index contributed by atoms with van der Waals surface area (Å²) in [5, 5.41) is 8.79. The minimum Gasteiger partial charge on any atom is -0.497 e. The molecule has 0 aliphatic carbocycles. The van der Waals surface area contributed by atoms with Crippen LogP contribution < -0.4 is 4.74 Å². The van der Waals surface area contributed by atoms with Crippen LogP contribution in [0.3, 0.4) is 0 Å². The average molecular weight is 260 g/mol. The van der Waals surface area contributed by atoms with Crippen LogP contribution in [0.25, 0.3) is 0 Å². The number of carboxylic acids is 1. The molecule has 5 heteroatoms. The molecule has 0 radical (unpaired) electrons. The van der Waals surface area contributed by atoms with Crippen molar-refractivity contribution in [2.24, 2.45) is 7.05 Å². The molecule has 0 atom stereocenters. The monoisotopic (exact) mass is 260 g/mol. The van der Waals surface area contributed by atoms with Gasteiger partial charge in [-0.1, -0.05) is 12.1 Å². The predicted octanol–water partition coefficient (Wildman–Crippen LogP) is 1.65. The Morgan fingerprint density at radius 2 is 2.05 bits per heavy atom. The van der Waals surface area contributed by atoms with Gasteiger partial charge in [-0.15, -0.1) is 0 Å². The minimum absolute atomic E-state index is 0.00782. The van der Waals surface area contributed by atoms with E-state index < -0.39 is 5.97 Å². The predicted molar refractivity (Wildman–Crippen MR) is 70.3 cm³/mol. The Kier molecular flexibility index (Phi) is 3.85. The highest BCUT2D eigenvalue weighted by Gasteiger charge is 2.10. The van der Waals surface area contributed by atoms with Crippen molar-refractivity contribution in [3.05, 3.63) is 47.5 Å². The number of ether oxygens (including phenoxy) is 1. The number of methoxy groups -OCH3 is 1. The number of imidazole rings is 1. The van der Waals surface area contributed by atoms with E-state index in [0.29, 0.717) is 12.1 Å². The van der Waals surface area contributed by atoms with E-state index in [1.54, 1.807) is 13.3 Å². The first-order valence-electron chi connectivity index (χ1n) is 5.94. The molecule has 5 nitrogen and oxygen atoms in total. The van der Waals surface area contributed by atoms with Gasteiger partial charge in [-0.25, -0.2) is 4.98 Å². The standard InChI is InChI=1S/C14H16N2O3/c1-16-11(8-14(17)18)9-15-13(16)7-10-3-5-12(19-2)6-4-10/h3-6,9H,7-8H2,1-2H3,(H,17,18). The Balaban J connectivity index is 2.14. The molecule has 1 aromatic heterocycles. The van der Waals surface area contributed by atoms with Gasteiger partial charge < -0.3 is 14.4 Å². The summed E-state index contributed by atoms with van der Waals surface area (Å²) >= 11 is 0. The number of hydrogen-bond acceptors (Lipinski definition) is 3. The van der Waals surface area contributed by atoms with E-state index >= 15 is 0 Å². The zero-order valence-corrected chi connectivity index (χ0v) is 11.0. The lowest BCUT2D eigenvalue weighted by molar-refractivity contribution is -0.136. The third-order valence-electron chi connectivity index (χ3n) is 3.03. The topological polar surface area (TPSA) is 64.3 Å². The molecule has 0 spiro atoms. The molecule has 2 aromatic rings. The van der Waals surface area contributed by atoms with Crippen LogP contribution in [-0.2, 0) is 24.7 Å². The molecule has 0 unspecified atom stereocenters. The van der Waals surface area contributed by atoms with E-state index in [-0.39, 0.29) is 6.42 Å². The van der Waals surface area contributed by atoms with Crippen molar-refractivity contribution in [1.29, 1.82) is 0 Å². The maximum absolute atomic E-state index is 10.7. The molecule has 100 valence electrons. The summed E-state index contributed by atoms with van der Waals surface area (Å²) in [6, 6.07) is 7.75. The fraction of sp³-hybridized carbons (Fsp3) is 0.286. The lowest BCUT2D eigenvalue weighted by Crippen LogP contribution is -2.07. The lowest BCUT2D eigenvalue weighted by Gasteiger charge is -2.05. The third-order valence-corrected chi connectivity index (χ3v) is 3.03. The first kappa shape index (κ1) is 13.1. The summed E-state index contributed by atoms with van der Waals surface area (Å²) in [5.41, 5.74) is 1.81. The van der Waals surface area contributed by atoms with E-state index in [0.717, 1.165) is 17.1 Å². The molecule has 0 fully saturated rings. The Morgan fingerprint density at radius 3 is 2.63 bits per heavy atom. The van der Waals surface area contributed by atoms with Gasteiger partial charge in [0.15, 0.2) is 0 Å². The molecule has 0 amide bonds. The van der Waals surface area contributed by atoms with Crippen LogP contribution >= 0.6 is 0 Å². The molecule has 1 N–H and O–H groups in total. The smallest absolute Gasteiger partial charge is 0.309 e. The molecule has 1 heterocycles. The van der Waals surface area contributed by atoms with Gasteiger partial charge in [0.1, 0.15) is 11.6 Å². The molecule has 2 rings (SSSR count). The van der Waals surface area contributed by atoms with Gasteiger partial charge in [0.2, 0.25) is 0 Å². The zero-order valence-electron chi connectivity index (χ0n) is 11.0. The summed E-state index contributed by atoms with van der Waals surface area (Å²) in [6.07, 6.45) is 2.28. The number of hydrogen-bond donors (Lipinski definition) is 1. The molecule has 0 aliphatic heterocycles. The zero-order chi connectivity index (χ0) is 13.8. The highest BCUT2D eigenvalue weighted by atomic mass is 16.5. The second kappa shape index (κ2) is 5.56. The maximum Gasteiger partial charge on any atom is 0.309 e. The third kappa shape index (κ3) is 3.13. The minimum atomic E-state index is -0.848. The van der Waals surface area contributed by atoms with Gasteiger partial charge in [-0.05, 0) is 17.7 Å². The van der Waals surface area contributed by atoms with Gasteiger partial charge in [0.05, 0.1) is 13.5 Å². The van der Waals surface area contributed by atoms with Gasteiger partial charge in [0, 0.05) is 25.4 Å². The van der Waals surface area contributed by atoms with Crippen LogP contribution in [0.15, 0.2) is 30.5 Å². The summed E-state index contributed by atoms with van der Waals surface area (Å²) < 4.78 is 6.94. The summed E-state index contributed by atoms with van der Waals surface area (Å²) in [4.78, 5) is 15.0. The Labute approximate surface area is 111 Å². The molecule has 1 aromatic carbocycles. The van der Waals surface area contributed by atoms with E-state index in [9.17, 15) is 4.79 Å². The van der Waals surface area contributed by atoms with Gasteiger partial charge in [-0.2, -0.15) is 0 Å². The van der Waals surface area contributed by atoms with Crippen molar-refractivity contribution >= 4 is 5.97 Å². The number of benzene rings is 1. The fourth-order valence-electron chi connectivity index (χ4n) is 1.90. The van der Waals surface area contributed by atoms with E-state index in [1.165, 1.54) is 0 Å². The number of nitrogens with zero attached hydrogens (tertiary/aromatic N) is 2. The van der Waals surface area contributed by atoms with Crippen molar-refractivity contribution in [3.63, 3.8) is 0 Å². The summed E-state index contributed by atoms with van der Waals surface area (Å²) in [6.45, 7) is 0. The van der Waals surface area contributed by atoms with Crippen LogP contribution in [0.2, 0.25) is 0 Å². The normalized spacial score (nSPS) is 10.4. The van der Waals surface area contributed by atoms with Gasteiger partial charge >= 0.3 is 5.97 Å². The highest BCUT2D eigenvalue weighted by molar-refractivity contribution is 5.69. The lowest BCUT2D eigenvalue weighted by atomic mass is 10.1. The molecule has 19 heavy (non-hydrogen) atoms. The van der Waals surface area contributed by atoms with E-state index in [4.69, 9.17) is 9.84 Å². The number of carboxylic acid groups (broad SMARTS) is 1. The van der Waals surface area contributed by atoms with Gasteiger partial charge in [0.25, 0.3) is 0 Å². The average Bonchev–Trinajstić information content (AvgIpc) is 2.72. The van der Waals surface area contributed by atoms with Crippen molar-refractivity contribution in [1.82, 2.24) is 9.55 Å².